The molecule has 7 heteroatoms. The van der Waals surface area contributed by atoms with Gasteiger partial charge >= 0.3 is 5.97 Å². The number of carbonyl (C=O) groups excluding carboxylic acids is 2. The summed E-state index contributed by atoms with van der Waals surface area (Å²) in [6.45, 7) is 2.28. The van der Waals surface area contributed by atoms with Crippen molar-refractivity contribution in [1.29, 1.82) is 0 Å². The highest BCUT2D eigenvalue weighted by atomic mass is 16.5. The predicted molar refractivity (Wildman–Crippen MR) is 67.3 cm³/mol. The highest BCUT2D eigenvalue weighted by molar-refractivity contribution is 6.01. The van der Waals surface area contributed by atoms with Crippen LogP contribution in [0.25, 0.3) is 11.0 Å². The van der Waals surface area contributed by atoms with Gasteiger partial charge in [0.15, 0.2) is 11.3 Å². The van der Waals surface area contributed by atoms with E-state index in [-0.39, 0.29) is 25.3 Å². The Kier molecular flexibility index (Phi) is 3.74. The number of ether oxygens (including phenoxy) is 1. The van der Waals surface area contributed by atoms with Crippen molar-refractivity contribution in [2.24, 2.45) is 5.73 Å². The molecule has 0 spiro atoms. The SMILES string of the molecule is CCOC(=O)c1nn(CCC(N)=O)c2ncccc12. The third-order valence-corrected chi connectivity index (χ3v) is 2.55. The average molecular weight is 262 g/mol. The number of carbonyl (C=O) groups is 2. The summed E-state index contributed by atoms with van der Waals surface area (Å²) in [5.41, 5.74) is 5.84. The Balaban J connectivity index is 2.42. The Morgan fingerprint density at radius 2 is 2.26 bits per heavy atom. The van der Waals surface area contributed by atoms with E-state index in [0.29, 0.717) is 11.0 Å². The minimum absolute atomic E-state index is 0.135. The molecule has 2 rings (SSSR count). The molecular weight excluding hydrogens is 248 g/mol. The number of amides is 1. The number of esters is 1. The number of rotatable bonds is 5. The second kappa shape index (κ2) is 5.47. The highest BCUT2D eigenvalue weighted by Crippen LogP contribution is 2.17. The molecule has 0 unspecified atom stereocenters. The largest absolute Gasteiger partial charge is 0.461 e. The summed E-state index contributed by atoms with van der Waals surface area (Å²) in [5.74, 6) is -0.935. The van der Waals surface area contributed by atoms with Crippen molar-refractivity contribution >= 4 is 22.9 Å². The smallest absolute Gasteiger partial charge is 0.359 e. The van der Waals surface area contributed by atoms with Crippen molar-refractivity contribution in [3.05, 3.63) is 24.0 Å². The lowest BCUT2D eigenvalue weighted by atomic mass is 10.2. The van der Waals surface area contributed by atoms with Gasteiger partial charge in [0.05, 0.1) is 18.5 Å². The van der Waals surface area contributed by atoms with E-state index < -0.39 is 11.9 Å². The van der Waals surface area contributed by atoms with Crippen LogP contribution in [0.15, 0.2) is 18.3 Å². The molecule has 2 aromatic heterocycles. The number of hydrogen-bond donors (Lipinski definition) is 1. The minimum atomic E-state index is -0.502. The number of aryl methyl sites for hydroxylation is 1. The Labute approximate surface area is 109 Å². The second-order valence-electron chi connectivity index (χ2n) is 3.88. The fourth-order valence-electron chi connectivity index (χ4n) is 1.73. The Morgan fingerprint density at radius 3 is 2.95 bits per heavy atom. The zero-order valence-electron chi connectivity index (χ0n) is 10.5. The third-order valence-electron chi connectivity index (χ3n) is 2.55. The van der Waals surface area contributed by atoms with E-state index in [4.69, 9.17) is 10.5 Å². The van der Waals surface area contributed by atoms with E-state index in [1.165, 1.54) is 4.68 Å². The minimum Gasteiger partial charge on any atom is -0.461 e. The molecule has 1 amide bonds. The molecule has 7 nitrogen and oxygen atoms in total. The van der Waals surface area contributed by atoms with Crippen LogP contribution in [0.2, 0.25) is 0 Å². The molecule has 100 valence electrons. The number of nitrogens with two attached hydrogens (primary N) is 1. The lowest BCUT2D eigenvalue weighted by molar-refractivity contribution is -0.118. The van der Waals surface area contributed by atoms with E-state index in [9.17, 15) is 9.59 Å². The van der Waals surface area contributed by atoms with Gasteiger partial charge in [-0.25, -0.2) is 14.5 Å². The van der Waals surface area contributed by atoms with Crippen molar-refractivity contribution in [2.45, 2.75) is 19.9 Å². The van der Waals surface area contributed by atoms with Gasteiger partial charge in [0.2, 0.25) is 5.91 Å². The Hall–Kier alpha value is -2.44. The molecule has 2 aromatic rings. The van der Waals surface area contributed by atoms with Crippen LogP contribution in [0, 0.1) is 0 Å². The fourth-order valence-corrected chi connectivity index (χ4v) is 1.73. The molecule has 0 aliphatic heterocycles. The topological polar surface area (TPSA) is 100 Å². The summed E-state index contributed by atoms with van der Waals surface area (Å²) >= 11 is 0. The number of primary amides is 1. The number of aromatic nitrogens is 3. The first-order valence-electron chi connectivity index (χ1n) is 5.90. The zero-order chi connectivity index (χ0) is 13.8. The van der Waals surface area contributed by atoms with Crippen molar-refractivity contribution in [3.63, 3.8) is 0 Å². The lowest BCUT2D eigenvalue weighted by Crippen LogP contribution is -2.15. The maximum absolute atomic E-state index is 11.8. The van der Waals surface area contributed by atoms with Gasteiger partial charge in [-0.15, -0.1) is 0 Å². The maximum Gasteiger partial charge on any atom is 0.359 e. The molecule has 0 bridgehead atoms. The first-order valence-corrected chi connectivity index (χ1v) is 5.90. The van der Waals surface area contributed by atoms with Gasteiger partial charge in [0.1, 0.15) is 0 Å². The maximum atomic E-state index is 11.8. The molecule has 0 atom stereocenters. The zero-order valence-corrected chi connectivity index (χ0v) is 10.5. The van der Waals surface area contributed by atoms with E-state index >= 15 is 0 Å². The summed E-state index contributed by atoms with van der Waals surface area (Å²) in [5, 5.41) is 4.75. The van der Waals surface area contributed by atoms with Crippen LogP contribution in [0.4, 0.5) is 0 Å². The highest BCUT2D eigenvalue weighted by Gasteiger charge is 2.18. The van der Waals surface area contributed by atoms with Gasteiger partial charge in [-0.05, 0) is 19.1 Å². The van der Waals surface area contributed by atoms with Gasteiger partial charge in [-0.1, -0.05) is 0 Å². The van der Waals surface area contributed by atoms with Crippen molar-refractivity contribution < 1.29 is 14.3 Å². The van der Waals surface area contributed by atoms with Crippen LogP contribution < -0.4 is 5.73 Å². The van der Waals surface area contributed by atoms with Gasteiger partial charge in [-0.3, -0.25) is 4.79 Å². The Morgan fingerprint density at radius 1 is 1.47 bits per heavy atom. The number of fused-ring (bicyclic) bond motifs is 1. The standard InChI is InChI=1S/C12H14N4O3/c1-2-19-12(18)10-8-4-3-6-14-11(8)16(15-10)7-5-9(13)17/h3-4,6H,2,5,7H2,1H3,(H2,13,17). The van der Waals surface area contributed by atoms with E-state index in [1.54, 1.807) is 25.3 Å². The van der Waals surface area contributed by atoms with E-state index in [2.05, 4.69) is 10.1 Å². The summed E-state index contributed by atoms with van der Waals surface area (Å²) in [4.78, 5) is 26.8. The normalized spacial score (nSPS) is 10.6. The van der Waals surface area contributed by atoms with Gasteiger partial charge in [-0.2, -0.15) is 5.10 Å². The average Bonchev–Trinajstić information content (AvgIpc) is 2.76. The van der Waals surface area contributed by atoms with E-state index in [0.717, 1.165) is 0 Å². The molecule has 2 heterocycles. The summed E-state index contributed by atoms with van der Waals surface area (Å²) in [6.07, 6.45) is 1.73. The molecule has 0 saturated carbocycles. The molecule has 0 fully saturated rings. The molecule has 0 aliphatic rings. The monoisotopic (exact) mass is 262 g/mol. The third kappa shape index (κ3) is 2.70. The summed E-state index contributed by atoms with van der Waals surface area (Å²) < 4.78 is 6.43. The molecular formula is C12H14N4O3. The van der Waals surface area contributed by atoms with Crippen LogP contribution in [-0.4, -0.2) is 33.2 Å². The van der Waals surface area contributed by atoms with Crippen molar-refractivity contribution in [3.8, 4) is 0 Å². The van der Waals surface area contributed by atoms with Crippen LogP contribution in [0.5, 0.6) is 0 Å². The van der Waals surface area contributed by atoms with Gasteiger partial charge in [0.25, 0.3) is 0 Å². The first-order chi connectivity index (χ1) is 9.13. The molecule has 19 heavy (non-hydrogen) atoms. The van der Waals surface area contributed by atoms with Crippen LogP contribution in [0.1, 0.15) is 23.8 Å². The van der Waals surface area contributed by atoms with E-state index in [1.807, 2.05) is 0 Å². The molecule has 0 radical (unpaired) electrons. The van der Waals surface area contributed by atoms with Gasteiger partial charge < -0.3 is 10.5 Å². The van der Waals surface area contributed by atoms with Gasteiger partial charge in [0, 0.05) is 12.6 Å². The van der Waals surface area contributed by atoms with Crippen LogP contribution >= 0.6 is 0 Å². The van der Waals surface area contributed by atoms with Crippen LogP contribution in [0.3, 0.4) is 0 Å². The van der Waals surface area contributed by atoms with Crippen molar-refractivity contribution in [2.75, 3.05) is 6.61 Å². The number of hydrogen-bond acceptors (Lipinski definition) is 5. The molecule has 0 aromatic carbocycles. The fraction of sp³-hybridized carbons (Fsp3) is 0.333. The predicted octanol–water partition coefficient (Wildman–Crippen LogP) is 0.483. The second-order valence-corrected chi connectivity index (χ2v) is 3.88. The number of nitrogens with zero attached hydrogens (tertiary/aromatic N) is 3. The lowest BCUT2D eigenvalue weighted by Gasteiger charge is -1.99. The molecule has 0 saturated heterocycles. The molecule has 2 N–H and O–H groups in total. The van der Waals surface area contributed by atoms with Crippen LogP contribution in [-0.2, 0) is 16.1 Å². The quantitative estimate of drug-likeness (QED) is 0.790. The molecule has 0 aliphatic carbocycles. The Bertz CT molecular complexity index is 620. The summed E-state index contributed by atoms with van der Waals surface area (Å²) in [7, 11) is 0. The van der Waals surface area contributed by atoms with Crippen molar-refractivity contribution in [1.82, 2.24) is 14.8 Å². The number of pyridine rings is 1. The first kappa shape index (κ1) is 13.0. The summed E-state index contributed by atoms with van der Waals surface area (Å²) in [6, 6.07) is 3.45.